The summed E-state index contributed by atoms with van der Waals surface area (Å²) >= 11 is 4.93. The third-order valence-electron chi connectivity index (χ3n) is 3.16. The lowest BCUT2D eigenvalue weighted by molar-refractivity contribution is -0.116. The van der Waals surface area contributed by atoms with Crippen molar-refractivity contribution in [2.45, 2.75) is 27.2 Å². The molecule has 116 valence electrons. The number of carbonyl (C=O) groups excluding carboxylic acids is 1. The van der Waals surface area contributed by atoms with Gasteiger partial charge >= 0.3 is 0 Å². The summed E-state index contributed by atoms with van der Waals surface area (Å²) < 4.78 is 0. The Labute approximate surface area is 132 Å². The number of rotatable bonds is 8. The van der Waals surface area contributed by atoms with Gasteiger partial charge in [-0.25, -0.2) is 0 Å². The Morgan fingerprint density at radius 1 is 1.43 bits per heavy atom. The molecule has 0 saturated heterocycles. The topological polar surface area (TPSA) is 58.4 Å². The Balaban J connectivity index is 2.50. The minimum atomic E-state index is 0.0114. The largest absolute Gasteiger partial charge is 0.389 e. The summed E-state index contributed by atoms with van der Waals surface area (Å²) in [6.45, 7) is 9.23. The second kappa shape index (κ2) is 8.74. The highest BCUT2D eigenvalue weighted by Gasteiger charge is 2.09. The van der Waals surface area contributed by atoms with Crippen LogP contribution in [0.25, 0.3) is 0 Å². The van der Waals surface area contributed by atoms with E-state index in [1.807, 2.05) is 18.2 Å². The molecule has 0 aliphatic heterocycles. The van der Waals surface area contributed by atoms with E-state index in [-0.39, 0.29) is 5.91 Å². The summed E-state index contributed by atoms with van der Waals surface area (Å²) in [4.78, 5) is 14.6. The second-order valence-electron chi connectivity index (χ2n) is 5.53. The summed E-state index contributed by atoms with van der Waals surface area (Å²) in [7, 11) is 0. The van der Waals surface area contributed by atoms with Crippen molar-refractivity contribution in [2.75, 3.05) is 25.0 Å². The van der Waals surface area contributed by atoms with E-state index in [0.29, 0.717) is 17.3 Å². The molecule has 0 unspecified atom stereocenters. The van der Waals surface area contributed by atoms with E-state index in [9.17, 15) is 4.79 Å². The number of thiocarbonyl (C=S) groups is 1. The molecular formula is C16H25N3OS. The SMILES string of the molecule is CCN(CCC(=O)Nc1cccc(C(N)=S)c1)CC(C)C. The summed E-state index contributed by atoms with van der Waals surface area (Å²) in [6.07, 6.45) is 0.484. The van der Waals surface area contributed by atoms with Gasteiger partial charge in [0.15, 0.2) is 0 Å². The van der Waals surface area contributed by atoms with Gasteiger partial charge in [0, 0.05) is 30.8 Å². The smallest absolute Gasteiger partial charge is 0.225 e. The number of nitrogens with zero attached hydrogens (tertiary/aromatic N) is 1. The molecule has 21 heavy (non-hydrogen) atoms. The molecule has 0 atom stereocenters. The molecular weight excluding hydrogens is 282 g/mol. The van der Waals surface area contributed by atoms with Gasteiger partial charge < -0.3 is 16.0 Å². The summed E-state index contributed by atoms with van der Waals surface area (Å²) in [5.41, 5.74) is 7.08. The van der Waals surface area contributed by atoms with Crippen LogP contribution in [-0.2, 0) is 4.79 Å². The van der Waals surface area contributed by atoms with Gasteiger partial charge in [0.25, 0.3) is 0 Å². The normalized spacial score (nSPS) is 10.9. The van der Waals surface area contributed by atoms with E-state index in [2.05, 4.69) is 31.0 Å². The maximum Gasteiger partial charge on any atom is 0.225 e. The number of anilines is 1. The Kier molecular flexibility index (Phi) is 7.32. The minimum Gasteiger partial charge on any atom is -0.389 e. The van der Waals surface area contributed by atoms with Gasteiger partial charge in [-0.05, 0) is 24.6 Å². The fraction of sp³-hybridized carbons (Fsp3) is 0.500. The zero-order valence-corrected chi connectivity index (χ0v) is 13.9. The summed E-state index contributed by atoms with van der Waals surface area (Å²) in [6, 6.07) is 7.30. The quantitative estimate of drug-likeness (QED) is 0.725. The van der Waals surface area contributed by atoms with Gasteiger partial charge in [0.2, 0.25) is 5.91 Å². The molecule has 5 heteroatoms. The first-order valence-corrected chi connectivity index (χ1v) is 7.75. The number of hydrogen-bond donors (Lipinski definition) is 2. The fourth-order valence-electron chi connectivity index (χ4n) is 2.13. The van der Waals surface area contributed by atoms with Gasteiger partial charge in [-0.15, -0.1) is 0 Å². The predicted molar refractivity (Wildman–Crippen MR) is 92.5 cm³/mol. The third kappa shape index (κ3) is 6.69. The highest BCUT2D eigenvalue weighted by molar-refractivity contribution is 7.80. The van der Waals surface area contributed by atoms with E-state index in [0.717, 1.165) is 30.9 Å². The molecule has 0 heterocycles. The van der Waals surface area contributed by atoms with E-state index in [1.165, 1.54) is 0 Å². The minimum absolute atomic E-state index is 0.0114. The van der Waals surface area contributed by atoms with Crippen LogP contribution >= 0.6 is 12.2 Å². The average molecular weight is 307 g/mol. The highest BCUT2D eigenvalue weighted by atomic mass is 32.1. The van der Waals surface area contributed by atoms with Gasteiger partial charge in [0.1, 0.15) is 4.99 Å². The number of nitrogens with two attached hydrogens (primary N) is 1. The van der Waals surface area contributed by atoms with Gasteiger partial charge in [-0.1, -0.05) is 45.1 Å². The molecule has 0 aromatic heterocycles. The molecule has 0 radical (unpaired) electrons. The van der Waals surface area contributed by atoms with Crippen LogP contribution in [0.4, 0.5) is 5.69 Å². The maximum atomic E-state index is 12.0. The number of benzene rings is 1. The van der Waals surface area contributed by atoms with Crippen molar-refractivity contribution in [2.24, 2.45) is 11.7 Å². The first-order valence-electron chi connectivity index (χ1n) is 7.34. The van der Waals surface area contributed by atoms with Crippen LogP contribution in [0, 0.1) is 5.92 Å². The lowest BCUT2D eigenvalue weighted by Crippen LogP contribution is -2.31. The van der Waals surface area contributed by atoms with Crippen molar-refractivity contribution in [1.82, 2.24) is 4.90 Å². The molecule has 1 aromatic rings. The predicted octanol–water partition coefficient (Wildman–Crippen LogP) is 2.63. The number of amides is 1. The van der Waals surface area contributed by atoms with Gasteiger partial charge in [-0.3, -0.25) is 4.79 Å². The molecule has 4 nitrogen and oxygen atoms in total. The Bertz CT molecular complexity index is 488. The first-order chi connectivity index (χ1) is 9.92. The van der Waals surface area contributed by atoms with Gasteiger partial charge in [0.05, 0.1) is 0 Å². The Hall–Kier alpha value is -1.46. The number of carbonyl (C=O) groups is 1. The monoisotopic (exact) mass is 307 g/mol. The molecule has 3 N–H and O–H groups in total. The van der Waals surface area contributed by atoms with Crippen molar-refractivity contribution < 1.29 is 4.79 Å². The van der Waals surface area contributed by atoms with Crippen LogP contribution in [0.3, 0.4) is 0 Å². The van der Waals surface area contributed by atoms with Crippen molar-refractivity contribution in [3.05, 3.63) is 29.8 Å². The van der Waals surface area contributed by atoms with Crippen LogP contribution < -0.4 is 11.1 Å². The summed E-state index contributed by atoms with van der Waals surface area (Å²) in [5.74, 6) is 0.618. The number of hydrogen-bond acceptors (Lipinski definition) is 3. The average Bonchev–Trinajstić information content (AvgIpc) is 2.43. The molecule has 1 aromatic carbocycles. The molecule has 1 amide bonds. The zero-order chi connectivity index (χ0) is 15.8. The molecule has 1 rings (SSSR count). The van der Waals surface area contributed by atoms with E-state index < -0.39 is 0 Å². The lowest BCUT2D eigenvalue weighted by atomic mass is 10.2. The molecule has 0 bridgehead atoms. The van der Waals surface area contributed by atoms with Crippen LogP contribution in [0.2, 0.25) is 0 Å². The molecule has 0 spiro atoms. The fourth-order valence-corrected chi connectivity index (χ4v) is 2.26. The van der Waals surface area contributed by atoms with E-state index >= 15 is 0 Å². The van der Waals surface area contributed by atoms with Crippen molar-refractivity contribution in [3.63, 3.8) is 0 Å². The number of nitrogens with one attached hydrogen (secondary N) is 1. The van der Waals surface area contributed by atoms with Crippen LogP contribution in [-0.4, -0.2) is 35.4 Å². The molecule has 0 aliphatic rings. The maximum absolute atomic E-state index is 12.0. The Morgan fingerprint density at radius 3 is 2.71 bits per heavy atom. The molecule has 0 saturated carbocycles. The van der Waals surface area contributed by atoms with Crippen molar-refractivity contribution in [1.29, 1.82) is 0 Å². The van der Waals surface area contributed by atoms with E-state index in [1.54, 1.807) is 6.07 Å². The van der Waals surface area contributed by atoms with Gasteiger partial charge in [-0.2, -0.15) is 0 Å². The van der Waals surface area contributed by atoms with Crippen LogP contribution in [0.15, 0.2) is 24.3 Å². The van der Waals surface area contributed by atoms with Crippen LogP contribution in [0.1, 0.15) is 32.8 Å². The van der Waals surface area contributed by atoms with Crippen molar-refractivity contribution in [3.8, 4) is 0 Å². The van der Waals surface area contributed by atoms with E-state index in [4.69, 9.17) is 18.0 Å². The summed E-state index contributed by atoms with van der Waals surface area (Å²) in [5, 5.41) is 2.89. The standard InChI is InChI=1S/C16H25N3OS/c1-4-19(11-12(2)3)9-8-15(20)18-14-7-5-6-13(10-14)16(17)21/h5-7,10,12H,4,8-9,11H2,1-3H3,(H2,17,21)(H,18,20). The van der Waals surface area contributed by atoms with Crippen LogP contribution in [0.5, 0.6) is 0 Å². The molecule has 0 aliphatic carbocycles. The second-order valence-corrected chi connectivity index (χ2v) is 5.97. The zero-order valence-electron chi connectivity index (χ0n) is 13.1. The lowest BCUT2D eigenvalue weighted by Gasteiger charge is -2.22. The Morgan fingerprint density at radius 2 is 2.14 bits per heavy atom. The first kappa shape index (κ1) is 17.6. The molecule has 0 fully saturated rings. The third-order valence-corrected chi connectivity index (χ3v) is 3.39. The highest BCUT2D eigenvalue weighted by Crippen LogP contribution is 2.11. The van der Waals surface area contributed by atoms with Crippen molar-refractivity contribution >= 4 is 28.8 Å².